The lowest BCUT2D eigenvalue weighted by Gasteiger charge is -2.18. The minimum atomic E-state index is -4.59. The van der Waals surface area contributed by atoms with Crippen LogP contribution in [0.4, 0.5) is 18.9 Å². The lowest BCUT2D eigenvalue weighted by molar-refractivity contribution is -0.137. The number of nitrogens with one attached hydrogen (secondary N) is 1. The van der Waals surface area contributed by atoms with Crippen molar-refractivity contribution in [3.05, 3.63) is 41.0 Å². The van der Waals surface area contributed by atoms with Crippen molar-refractivity contribution in [2.75, 3.05) is 5.43 Å². The fraction of sp³-hybridized carbons (Fsp3) is 0.143. The zero-order chi connectivity index (χ0) is 15.8. The smallest absolute Gasteiger partial charge is 0.288 e. The van der Waals surface area contributed by atoms with Crippen LogP contribution in [0.15, 0.2) is 29.8 Å². The van der Waals surface area contributed by atoms with Crippen molar-refractivity contribution in [1.82, 2.24) is 5.01 Å². The van der Waals surface area contributed by atoms with Crippen LogP contribution in [-0.2, 0) is 15.8 Å². The summed E-state index contributed by atoms with van der Waals surface area (Å²) in [7, 11) is 0. The molecule has 1 heterocycles. The SMILES string of the molecule is C#Cc1cc(NN2C(=O)C=C(C)C2=O)cc(C(F)(F)F)c1. The van der Waals surface area contributed by atoms with Crippen molar-refractivity contribution in [2.24, 2.45) is 0 Å². The molecule has 1 aliphatic heterocycles. The largest absolute Gasteiger partial charge is 0.416 e. The summed E-state index contributed by atoms with van der Waals surface area (Å²) in [5.74, 6) is 0.814. The van der Waals surface area contributed by atoms with Gasteiger partial charge in [0.1, 0.15) is 0 Å². The molecule has 1 aromatic carbocycles. The lowest BCUT2D eigenvalue weighted by Crippen LogP contribution is -2.36. The Morgan fingerprint density at radius 2 is 1.90 bits per heavy atom. The molecule has 108 valence electrons. The molecule has 2 amide bonds. The molecule has 7 heteroatoms. The van der Waals surface area contributed by atoms with Crippen molar-refractivity contribution in [3.8, 4) is 12.3 Å². The normalized spacial score (nSPS) is 15.0. The van der Waals surface area contributed by atoms with Gasteiger partial charge in [-0.15, -0.1) is 6.42 Å². The van der Waals surface area contributed by atoms with Crippen LogP contribution in [0.5, 0.6) is 0 Å². The Morgan fingerprint density at radius 3 is 2.38 bits per heavy atom. The molecule has 1 aliphatic rings. The molecule has 0 aliphatic carbocycles. The van der Waals surface area contributed by atoms with Crippen LogP contribution in [0, 0.1) is 12.3 Å². The van der Waals surface area contributed by atoms with Crippen molar-refractivity contribution < 1.29 is 22.8 Å². The number of rotatable bonds is 2. The Kier molecular flexibility index (Phi) is 3.47. The van der Waals surface area contributed by atoms with Crippen LogP contribution >= 0.6 is 0 Å². The number of anilines is 1. The van der Waals surface area contributed by atoms with Crippen molar-refractivity contribution >= 4 is 17.5 Å². The number of carbonyl (C=O) groups excluding carboxylic acids is 2. The van der Waals surface area contributed by atoms with E-state index in [4.69, 9.17) is 6.42 Å². The number of hydrogen-bond acceptors (Lipinski definition) is 3. The second-order valence-corrected chi connectivity index (χ2v) is 4.36. The molecular formula is C14H9F3N2O2. The minimum Gasteiger partial charge on any atom is -0.288 e. The van der Waals surface area contributed by atoms with E-state index in [1.54, 1.807) is 0 Å². The molecule has 0 radical (unpaired) electrons. The van der Waals surface area contributed by atoms with Crippen LogP contribution in [0.3, 0.4) is 0 Å². The molecular weight excluding hydrogens is 285 g/mol. The van der Waals surface area contributed by atoms with E-state index in [0.717, 1.165) is 18.2 Å². The van der Waals surface area contributed by atoms with Gasteiger partial charge < -0.3 is 0 Å². The Balaban J connectivity index is 2.36. The second kappa shape index (κ2) is 4.98. The summed E-state index contributed by atoms with van der Waals surface area (Å²) in [5.41, 5.74) is 1.46. The standard InChI is InChI=1S/C14H9F3N2O2/c1-3-9-5-10(14(15,16)17)7-11(6-9)18-19-12(20)4-8(2)13(19)21/h1,4-7,18H,2H3. The highest BCUT2D eigenvalue weighted by atomic mass is 19.4. The second-order valence-electron chi connectivity index (χ2n) is 4.36. The first kappa shape index (κ1) is 14.7. The number of terminal acetylenes is 1. The van der Waals surface area contributed by atoms with Gasteiger partial charge in [0.05, 0.1) is 11.3 Å². The summed E-state index contributed by atoms with van der Waals surface area (Å²) >= 11 is 0. The van der Waals surface area contributed by atoms with E-state index in [1.165, 1.54) is 13.0 Å². The maximum absolute atomic E-state index is 12.8. The molecule has 0 fully saturated rings. The Morgan fingerprint density at radius 1 is 1.24 bits per heavy atom. The first-order valence-electron chi connectivity index (χ1n) is 5.74. The number of carbonyl (C=O) groups is 2. The van der Waals surface area contributed by atoms with Gasteiger partial charge in [-0.05, 0) is 25.1 Å². The maximum Gasteiger partial charge on any atom is 0.416 e. The van der Waals surface area contributed by atoms with Gasteiger partial charge in [0, 0.05) is 17.2 Å². The van der Waals surface area contributed by atoms with Crippen molar-refractivity contribution in [1.29, 1.82) is 0 Å². The third-order valence-corrected chi connectivity index (χ3v) is 2.77. The van der Waals surface area contributed by atoms with Crippen LogP contribution < -0.4 is 5.43 Å². The third kappa shape index (κ3) is 2.89. The highest BCUT2D eigenvalue weighted by Gasteiger charge is 2.32. The van der Waals surface area contributed by atoms with Gasteiger partial charge in [-0.25, -0.2) is 0 Å². The van der Waals surface area contributed by atoms with Gasteiger partial charge >= 0.3 is 6.18 Å². The summed E-state index contributed by atoms with van der Waals surface area (Å²) < 4.78 is 38.3. The van der Waals surface area contributed by atoms with Crippen LogP contribution in [0.1, 0.15) is 18.1 Å². The Labute approximate surface area is 118 Å². The first-order chi connectivity index (χ1) is 9.72. The number of halogens is 3. The maximum atomic E-state index is 12.8. The molecule has 21 heavy (non-hydrogen) atoms. The molecule has 0 aromatic heterocycles. The number of hydrogen-bond donors (Lipinski definition) is 1. The number of amides is 2. The van der Waals surface area contributed by atoms with Gasteiger partial charge in [-0.2, -0.15) is 18.2 Å². The molecule has 0 saturated heterocycles. The number of hydrazine groups is 1. The average Bonchev–Trinajstić information content (AvgIpc) is 2.64. The van der Waals surface area contributed by atoms with Gasteiger partial charge in [0.15, 0.2) is 0 Å². The van der Waals surface area contributed by atoms with E-state index < -0.39 is 23.6 Å². The first-order valence-corrected chi connectivity index (χ1v) is 5.74. The molecule has 0 spiro atoms. The highest BCUT2D eigenvalue weighted by Crippen LogP contribution is 2.32. The summed E-state index contributed by atoms with van der Waals surface area (Å²) in [4.78, 5) is 23.2. The van der Waals surface area contributed by atoms with E-state index in [9.17, 15) is 22.8 Å². The molecule has 2 rings (SSSR count). The topological polar surface area (TPSA) is 49.4 Å². The van der Waals surface area contributed by atoms with E-state index in [0.29, 0.717) is 5.01 Å². The lowest BCUT2D eigenvalue weighted by atomic mass is 10.1. The van der Waals surface area contributed by atoms with E-state index >= 15 is 0 Å². The third-order valence-electron chi connectivity index (χ3n) is 2.77. The van der Waals surface area contributed by atoms with Gasteiger partial charge in [0.25, 0.3) is 11.8 Å². The predicted molar refractivity (Wildman–Crippen MR) is 68.6 cm³/mol. The number of nitrogens with zero attached hydrogens (tertiary/aromatic N) is 1. The molecule has 1 N–H and O–H groups in total. The van der Waals surface area contributed by atoms with Gasteiger partial charge in [-0.3, -0.25) is 15.0 Å². The van der Waals surface area contributed by atoms with Crippen molar-refractivity contribution in [2.45, 2.75) is 13.1 Å². The van der Waals surface area contributed by atoms with Crippen molar-refractivity contribution in [3.63, 3.8) is 0 Å². The van der Waals surface area contributed by atoms with Crippen LogP contribution in [-0.4, -0.2) is 16.8 Å². The summed E-state index contributed by atoms with van der Waals surface area (Å²) in [6, 6.07) is 2.82. The number of alkyl halides is 3. The molecule has 4 nitrogen and oxygen atoms in total. The van der Waals surface area contributed by atoms with Gasteiger partial charge in [-0.1, -0.05) is 5.92 Å². The Bertz CT molecular complexity index is 699. The molecule has 0 atom stereocenters. The van der Waals surface area contributed by atoms with E-state index in [-0.39, 0.29) is 16.8 Å². The number of imide groups is 1. The van der Waals surface area contributed by atoms with Crippen LogP contribution in [0.2, 0.25) is 0 Å². The predicted octanol–water partition coefficient (Wildman–Crippen LogP) is 2.33. The summed E-state index contributed by atoms with van der Waals surface area (Å²) in [6.07, 6.45) is 1.61. The zero-order valence-corrected chi connectivity index (χ0v) is 10.8. The zero-order valence-electron chi connectivity index (χ0n) is 10.8. The fourth-order valence-electron chi connectivity index (χ4n) is 1.76. The van der Waals surface area contributed by atoms with E-state index in [2.05, 4.69) is 11.3 Å². The molecule has 0 unspecified atom stereocenters. The average molecular weight is 294 g/mol. The molecule has 0 saturated carbocycles. The molecule has 1 aromatic rings. The fourth-order valence-corrected chi connectivity index (χ4v) is 1.76. The summed E-state index contributed by atoms with van der Waals surface area (Å²) in [5, 5.41) is 0.630. The number of benzene rings is 1. The van der Waals surface area contributed by atoms with Crippen LogP contribution in [0.25, 0.3) is 0 Å². The highest BCUT2D eigenvalue weighted by molar-refractivity contribution is 6.16. The van der Waals surface area contributed by atoms with E-state index in [1.807, 2.05) is 0 Å². The van der Waals surface area contributed by atoms with Gasteiger partial charge in [0.2, 0.25) is 0 Å². The monoisotopic (exact) mass is 294 g/mol. The summed E-state index contributed by atoms with van der Waals surface area (Å²) in [6.45, 7) is 1.43. The quantitative estimate of drug-likeness (QED) is 0.673. The Hall–Kier alpha value is -2.75. The molecule has 0 bridgehead atoms. The minimum absolute atomic E-state index is 0.0175.